The van der Waals surface area contributed by atoms with Gasteiger partial charge in [0.15, 0.2) is 0 Å². The first-order chi connectivity index (χ1) is 16.0. The van der Waals surface area contributed by atoms with E-state index >= 15 is 0 Å². The van der Waals surface area contributed by atoms with Crippen molar-refractivity contribution in [3.63, 3.8) is 0 Å². The quantitative estimate of drug-likeness (QED) is 0.683. The topological polar surface area (TPSA) is 61.9 Å². The lowest BCUT2D eigenvalue weighted by atomic mass is 9.96. The molecule has 0 bridgehead atoms. The van der Waals surface area contributed by atoms with Crippen LogP contribution in [0.15, 0.2) is 48.5 Å². The number of hydrogen-bond acceptors (Lipinski definition) is 4. The highest BCUT2D eigenvalue weighted by Crippen LogP contribution is 2.33. The van der Waals surface area contributed by atoms with Crippen molar-refractivity contribution in [2.75, 3.05) is 36.5 Å². The highest BCUT2D eigenvalue weighted by molar-refractivity contribution is 6.01. The Bertz CT molecular complexity index is 967. The Hall–Kier alpha value is -3.02. The van der Waals surface area contributed by atoms with Crippen molar-refractivity contribution in [2.24, 2.45) is 5.92 Å². The predicted octanol–water partition coefficient (Wildman–Crippen LogP) is 4.35. The van der Waals surface area contributed by atoms with Crippen molar-refractivity contribution >= 4 is 23.2 Å². The number of amides is 2. The van der Waals surface area contributed by atoms with Crippen LogP contribution in [-0.4, -0.2) is 44.6 Å². The van der Waals surface area contributed by atoms with E-state index in [-0.39, 0.29) is 30.2 Å². The first-order valence-electron chi connectivity index (χ1n) is 12.1. The molecule has 4 rings (SSSR count). The maximum atomic E-state index is 13.0. The standard InChI is InChI=1S/C27H35N3O3/c1-4-19(2)24-7-5-6-8-25(24)30-18-20(17-26(30)31)27(32)28-21-13-15-29(16-14-21)22-9-11-23(33-3)12-10-22/h5-12,19-21H,4,13-18H2,1-3H3,(H,28,32). The molecule has 0 spiro atoms. The molecule has 6 nitrogen and oxygen atoms in total. The lowest BCUT2D eigenvalue weighted by Crippen LogP contribution is -2.46. The second-order valence-electron chi connectivity index (χ2n) is 9.24. The zero-order chi connectivity index (χ0) is 23.4. The number of piperidine rings is 1. The van der Waals surface area contributed by atoms with E-state index < -0.39 is 0 Å². The third-order valence-corrected chi connectivity index (χ3v) is 7.15. The number of anilines is 2. The number of carbonyl (C=O) groups is 2. The number of nitrogens with zero attached hydrogens (tertiary/aromatic N) is 2. The molecule has 0 saturated carbocycles. The first kappa shape index (κ1) is 23.1. The molecule has 2 atom stereocenters. The number of para-hydroxylation sites is 1. The van der Waals surface area contributed by atoms with Gasteiger partial charge in [0.25, 0.3) is 0 Å². The first-order valence-corrected chi connectivity index (χ1v) is 12.1. The van der Waals surface area contributed by atoms with E-state index in [1.165, 1.54) is 11.3 Å². The highest BCUT2D eigenvalue weighted by Gasteiger charge is 2.37. The molecule has 2 heterocycles. The fraction of sp³-hybridized carbons (Fsp3) is 0.481. The van der Waals surface area contributed by atoms with Gasteiger partial charge in [-0.1, -0.05) is 32.0 Å². The van der Waals surface area contributed by atoms with E-state index in [1.807, 2.05) is 35.2 Å². The molecule has 2 saturated heterocycles. The van der Waals surface area contributed by atoms with Crippen LogP contribution in [0.2, 0.25) is 0 Å². The number of benzene rings is 2. The fourth-order valence-electron chi connectivity index (χ4n) is 4.88. The Balaban J connectivity index is 1.32. The number of hydrogen-bond donors (Lipinski definition) is 1. The maximum Gasteiger partial charge on any atom is 0.227 e. The minimum atomic E-state index is -0.290. The monoisotopic (exact) mass is 449 g/mol. The van der Waals surface area contributed by atoms with E-state index in [2.05, 4.69) is 42.3 Å². The van der Waals surface area contributed by atoms with Crippen molar-refractivity contribution in [2.45, 2.75) is 51.5 Å². The van der Waals surface area contributed by atoms with Crippen LogP contribution >= 0.6 is 0 Å². The van der Waals surface area contributed by atoms with Crippen LogP contribution in [-0.2, 0) is 9.59 Å². The van der Waals surface area contributed by atoms with E-state index in [1.54, 1.807) is 7.11 Å². The molecular formula is C27H35N3O3. The maximum absolute atomic E-state index is 13.0. The van der Waals surface area contributed by atoms with E-state index in [4.69, 9.17) is 4.74 Å². The molecule has 2 aromatic carbocycles. The number of carbonyl (C=O) groups excluding carboxylic acids is 2. The third kappa shape index (κ3) is 5.15. The van der Waals surface area contributed by atoms with Crippen LogP contribution in [0.4, 0.5) is 11.4 Å². The summed E-state index contributed by atoms with van der Waals surface area (Å²) in [5, 5.41) is 3.23. The number of ether oxygens (including phenoxy) is 1. The summed E-state index contributed by atoms with van der Waals surface area (Å²) < 4.78 is 5.24. The van der Waals surface area contributed by atoms with Gasteiger partial charge in [-0.2, -0.15) is 0 Å². The molecule has 2 unspecified atom stereocenters. The van der Waals surface area contributed by atoms with E-state index in [9.17, 15) is 9.59 Å². The molecular weight excluding hydrogens is 414 g/mol. The van der Waals surface area contributed by atoms with Crippen LogP contribution in [0.3, 0.4) is 0 Å². The summed E-state index contributed by atoms with van der Waals surface area (Å²) in [6.45, 7) is 6.60. The van der Waals surface area contributed by atoms with Gasteiger partial charge in [0, 0.05) is 43.5 Å². The van der Waals surface area contributed by atoms with Crippen molar-refractivity contribution in [1.29, 1.82) is 0 Å². The molecule has 2 amide bonds. The summed E-state index contributed by atoms with van der Waals surface area (Å²) in [7, 11) is 1.67. The molecule has 2 aliphatic heterocycles. The zero-order valence-corrected chi connectivity index (χ0v) is 19.9. The van der Waals surface area contributed by atoms with Gasteiger partial charge in [-0.3, -0.25) is 9.59 Å². The molecule has 2 fully saturated rings. The van der Waals surface area contributed by atoms with Crippen LogP contribution < -0.4 is 19.9 Å². The normalized spacial score (nSPS) is 20.1. The second-order valence-corrected chi connectivity index (χ2v) is 9.24. The minimum Gasteiger partial charge on any atom is -0.497 e. The van der Waals surface area contributed by atoms with E-state index in [0.717, 1.165) is 43.8 Å². The van der Waals surface area contributed by atoms with Gasteiger partial charge in [0.1, 0.15) is 5.75 Å². The van der Waals surface area contributed by atoms with Crippen LogP contribution in [0, 0.1) is 5.92 Å². The van der Waals surface area contributed by atoms with Crippen LogP contribution in [0.5, 0.6) is 5.75 Å². The second kappa shape index (κ2) is 10.3. The number of methoxy groups -OCH3 is 1. The molecule has 33 heavy (non-hydrogen) atoms. The number of nitrogens with one attached hydrogen (secondary N) is 1. The lowest BCUT2D eigenvalue weighted by Gasteiger charge is -2.34. The summed E-state index contributed by atoms with van der Waals surface area (Å²) >= 11 is 0. The Morgan fingerprint density at radius 1 is 1.12 bits per heavy atom. The predicted molar refractivity (Wildman–Crippen MR) is 132 cm³/mol. The van der Waals surface area contributed by atoms with Gasteiger partial charge in [0.05, 0.1) is 13.0 Å². The van der Waals surface area contributed by atoms with Crippen molar-refractivity contribution in [3.8, 4) is 5.75 Å². The summed E-state index contributed by atoms with van der Waals surface area (Å²) in [6.07, 6.45) is 3.10. The average molecular weight is 450 g/mol. The highest BCUT2D eigenvalue weighted by atomic mass is 16.5. The summed E-state index contributed by atoms with van der Waals surface area (Å²) in [5.41, 5.74) is 3.32. The zero-order valence-electron chi connectivity index (χ0n) is 19.9. The molecule has 2 aromatic rings. The van der Waals surface area contributed by atoms with Crippen molar-refractivity contribution < 1.29 is 14.3 Å². The molecule has 0 radical (unpaired) electrons. The lowest BCUT2D eigenvalue weighted by molar-refractivity contribution is -0.127. The van der Waals surface area contributed by atoms with Crippen molar-refractivity contribution in [1.82, 2.24) is 5.32 Å². The molecule has 0 aliphatic carbocycles. The fourth-order valence-corrected chi connectivity index (χ4v) is 4.88. The van der Waals surface area contributed by atoms with Crippen LogP contribution in [0.25, 0.3) is 0 Å². The van der Waals surface area contributed by atoms with Crippen LogP contribution in [0.1, 0.15) is 51.0 Å². The summed E-state index contributed by atoms with van der Waals surface area (Å²) in [5.74, 6) is 0.989. The van der Waals surface area contributed by atoms with Gasteiger partial charge in [-0.15, -0.1) is 0 Å². The summed E-state index contributed by atoms with van der Waals surface area (Å²) in [6, 6.07) is 16.4. The van der Waals surface area contributed by atoms with Gasteiger partial charge in [0.2, 0.25) is 11.8 Å². The molecule has 6 heteroatoms. The third-order valence-electron chi connectivity index (χ3n) is 7.15. The molecule has 176 valence electrons. The van der Waals surface area contributed by atoms with Crippen molar-refractivity contribution in [3.05, 3.63) is 54.1 Å². The smallest absolute Gasteiger partial charge is 0.227 e. The van der Waals surface area contributed by atoms with Gasteiger partial charge < -0.3 is 19.9 Å². The largest absolute Gasteiger partial charge is 0.497 e. The van der Waals surface area contributed by atoms with Gasteiger partial charge in [-0.05, 0) is 61.1 Å². The Labute approximate surface area is 196 Å². The Kier molecular flexibility index (Phi) is 7.21. The molecule has 2 aliphatic rings. The van der Waals surface area contributed by atoms with E-state index in [0.29, 0.717) is 12.5 Å². The van der Waals surface area contributed by atoms with Gasteiger partial charge in [-0.25, -0.2) is 0 Å². The van der Waals surface area contributed by atoms with Gasteiger partial charge >= 0.3 is 0 Å². The SMILES string of the molecule is CCC(C)c1ccccc1N1CC(C(=O)NC2CCN(c3ccc(OC)cc3)CC2)CC1=O. The summed E-state index contributed by atoms with van der Waals surface area (Å²) in [4.78, 5) is 30.0. The Morgan fingerprint density at radius 2 is 1.82 bits per heavy atom. The Morgan fingerprint density at radius 3 is 2.48 bits per heavy atom. The molecule has 1 N–H and O–H groups in total. The average Bonchev–Trinajstić information content (AvgIpc) is 3.25. The number of rotatable bonds is 7. The minimum absolute atomic E-state index is 0.00904. The molecule has 0 aromatic heterocycles.